The van der Waals surface area contributed by atoms with E-state index >= 15 is 0 Å². The van der Waals surface area contributed by atoms with E-state index < -0.39 is 0 Å². The highest BCUT2D eigenvalue weighted by atomic mass is 79.9. The van der Waals surface area contributed by atoms with Crippen LogP contribution in [0, 0.1) is 0 Å². The van der Waals surface area contributed by atoms with E-state index in [1.165, 1.54) is 7.11 Å². The molecule has 1 aromatic heterocycles. The third-order valence-electron chi connectivity index (χ3n) is 2.71. The molecule has 0 aliphatic heterocycles. The fourth-order valence-corrected chi connectivity index (χ4v) is 3.16. The highest BCUT2D eigenvalue weighted by Crippen LogP contribution is 2.29. The Hall–Kier alpha value is -0.810. The van der Waals surface area contributed by atoms with Gasteiger partial charge in [0.25, 0.3) is 0 Å². The van der Waals surface area contributed by atoms with Crippen molar-refractivity contribution in [3.8, 4) is 0 Å². The molecule has 0 spiro atoms. The van der Waals surface area contributed by atoms with Crippen LogP contribution in [0.4, 0.5) is 4.79 Å². The Morgan fingerprint density at radius 3 is 2.59 bits per heavy atom. The van der Waals surface area contributed by atoms with E-state index in [1.54, 1.807) is 4.57 Å². The third-order valence-corrected chi connectivity index (χ3v) is 3.80. The van der Waals surface area contributed by atoms with Gasteiger partial charge in [-0.15, -0.1) is 0 Å². The smallest absolute Gasteiger partial charge is 0.418 e. The van der Waals surface area contributed by atoms with E-state index in [9.17, 15) is 4.79 Å². The molecule has 0 saturated heterocycles. The molecule has 0 bridgehead atoms. The molecule has 2 aromatic rings. The van der Waals surface area contributed by atoms with Crippen molar-refractivity contribution < 1.29 is 9.53 Å². The summed E-state index contributed by atoms with van der Waals surface area (Å²) >= 11 is 6.89. The van der Waals surface area contributed by atoms with Crippen LogP contribution in [0.3, 0.4) is 0 Å². The number of nitrogens with zero attached hydrogens (tertiary/aromatic N) is 1. The van der Waals surface area contributed by atoms with Gasteiger partial charge in [0.15, 0.2) is 0 Å². The number of fused-ring (bicyclic) bond motifs is 1. The van der Waals surface area contributed by atoms with E-state index in [0.717, 1.165) is 22.2 Å². The van der Waals surface area contributed by atoms with Gasteiger partial charge in [-0.3, -0.25) is 0 Å². The minimum Gasteiger partial charge on any atom is -0.452 e. The van der Waals surface area contributed by atoms with Crippen molar-refractivity contribution in [1.29, 1.82) is 0 Å². The van der Waals surface area contributed by atoms with Crippen molar-refractivity contribution in [2.75, 3.05) is 7.11 Å². The van der Waals surface area contributed by atoms with Gasteiger partial charge in [0.1, 0.15) is 0 Å². The Morgan fingerprint density at radius 2 is 2.00 bits per heavy atom. The Kier molecular flexibility index (Phi) is 3.89. The number of para-hydroxylation sites is 1. The quantitative estimate of drug-likeness (QED) is 0.756. The number of hydrogen-bond acceptors (Lipinski definition) is 2. The fourth-order valence-electron chi connectivity index (χ4n) is 1.95. The molecular weight excluding hydrogens is 350 g/mol. The van der Waals surface area contributed by atoms with Gasteiger partial charge < -0.3 is 4.74 Å². The van der Waals surface area contributed by atoms with Crippen LogP contribution in [-0.4, -0.2) is 17.8 Å². The summed E-state index contributed by atoms with van der Waals surface area (Å²) in [6.45, 7) is 0. The topological polar surface area (TPSA) is 31.2 Å². The highest BCUT2D eigenvalue weighted by Gasteiger charge is 2.19. The summed E-state index contributed by atoms with van der Waals surface area (Å²) in [4.78, 5) is 11.8. The number of rotatable bonds is 2. The second-order valence-corrected chi connectivity index (χ2v) is 4.64. The lowest BCUT2D eigenvalue weighted by Gasteiger charge is -2.06. The SMILES string of the molecule is COC(=O)n1c(CBr)c(CBr)c2ccccc21. The molecule has 0 saturated carbocycles. The maximum Gasteiger partial charge on any atom is 0.418 e. The van der Waals surface area contributed by atoms with E-state index in [4.69, 9.17) is 4.74 Å². The van der Waals surface area contributed by atoms with Crippen molar-refractivity contribution in [3.63, 3.8) is 0 Å². The van der Waals surface area contributed by atoms with Crippen molar-refractivity contribution >= 4 is 48.9 Å². The van der Waals surface area contributed by atoms with Crippen LogP contribution in [0.15, 0.2) is 24.3 Å². The van der Waals surface area contributed by atoms with Gasteiger partial charge in [-0.2, -0.15) is 0 Å². The summed E-state index contributed by atoms with van der Waals surface area (Å²) in [5, 5.41) is 2.39. The van der Waals surface area contributed by atoms with Crippen LogP contribution in [0.2, 0.25) is 0 Å². The lowest BCUT2D eigenvalue weighted by molar-refractivity contribution is 0.173. The second-order valence-electron chi connectivity index (χ2n) is 3.52. The Bertz CT molecular complexity index is 563. The summed E-state index contributed by atoms with van der Waals surface area (Å²) in [6, 6.07) is 7.81. The molecule has 0 aliphatic rings. The molecule has 2 rings (SSSR count). The third kappa shape index (κ3) is 2.02. The van der Waals surface area contributed by atoms with Crippen LogP contribution in [0.1, 0.15) is 11.3 Å². The Morgan fingerprint density at radius 1 is 1.29 bits per heavy atom. The molecule has 3 nitrogen and oxygen atoms in total. The normalized spacial score (nSPS) is 10.8. The van der Waals surface area contributed by atoms with Gasteiger partial charge in [0.05, 0.1) is 12.6 Å². The van der Waals surface area contributed by atoms with Gasteiger partial charge in [-0.05, 0) is 11.6 Å². The molecule has 1 aromatic carbocycles. The summed E-state index contributed by atoms with van der Waals surface area (Å²) in [6.07, 6.45) is -0.358. The molecule has 0 amide bonds. The number of halogens is 2. The second kappa shape index (κ2) is 5.23. The van der Waals surface area contributed by atoms with E-state index in [1.807, 2.05) is 24.3 Å². The zero-order valence-corrected chi connectivity index (χ0v) is 12.4. The van der Waals surface area contributed by atoms with Gasteiger partial charge >= 0.3 is 6.09 Å². The van der Waals surface area contributed by atoms with Crippen LogP contribution in [0.5, 0.6) is 0 Å². The maximum atomic E-state index is 11.8. The summed E-state index contributed by atoms with van der Waals surface area (Å²) in [5.74, 6) is 0. The molecule has 17 heavy (non-hydrogen) atoms. The lowest BCUT2D eigenvalue weighted by Crippen LogP contribution is -2.14. The van der Waals surface area contributed by atoms with E-state index in [2.05, 4.69) is 31.9 Å². The number of hydrogen-bond donors (Lipinski definition) is 0. The first kappa shape index (κ1) is 12.6. The maximum absolute atomic E-state index is 11.8. The van der Waals surface area contributed by atoms with Crippen molar-refractivity contribution in [3.05, 3.63) is 35.5 Å². The van der Waals surface area contributed by atoms with Crippen LogP contribution in [0.25, 0.3) is 10.9 Å². The fraction of sp³-hybridized carbons (Fsp3) is 0.250. The number of aromatic nitrogens is 1. The lowest BCUT2D eigenvalue weighted by atomic mass is 10.2. The van der Waals surface area contributed by atoms with Gasteiger partial charge in [-0.1, -0.05) is 50.1 Å². The number of methoxy groups -OCH3 is 1. The molecule has 90 valence electrons. The number of carbonyl (C=O) groups excluding carboxylic acids is 1. The number of benzene rings is 1. The van der Waals surface area contributed by atoms with Crippen LogP contribution < -0.4 is 0 Å². The first-order valence-corrected chi connectivity index (χ1v) is 7.30. The van der Waals surface area contributed by atoms with Gasteiger partial charge in [0.2, 0.25) is 0 Å². The summed E-state index contributed by atoms with van der Waals surface area (Å²) < 4.78 is 6.44. The molecule has 0 fully saturated rings. The standard InChI is InChI=1S/C12H11Br2NO2/c1-17-12(16)15-10-5-3-2-4-8(10)9(6-13)11(15)7-14/h2-5H,6-7H2,1H3. The number of carbonyl (C=O) groups is 1. The summed E-state index contributed by atoms with van der Waals surface area (Å²) in [7, 11) is 1.39. The predicted molar refractivity (Wildman–Crippen MR) is 75.0 cm³/mol. The average molecular weight is 361 g/mol. The van der Waals surface area contributed by atoms with Crippen molar-refractivity contribution in [2.45, 2.75) is 10.7 Å². The molecule has 0 radical (unpaired) electrons. The Balaban J connectivity index is 2.83. The van der Waals surface area contributed by atoms with Crippen molar-refractivity contribution in [1.82, 2.24) is 4.57 Å². The zero-order valence-electron chi connectivity index (χ0n) is 9.24. The molecule has 0 atom stereocenters. The molecule has 0 N–H and O–H groups in total. The summed E-state index contributed by atoms with van der Waals surface area (Å²) in [5.41, 5.74) is 2.92. The predicted octanol–water partition coefficient (Wildman–Crippen LogP) is 4.05. The minimum atomic E-state index is -0.358. The molecule has 5 heteroatoms. The monoisotopic (exact) mass is 359 g/mol. The van der Waals surface area contributed by atoms with Crippen LogP contribution >= 0.6 is 31.9 Å². The number of ether oxygens (including phenoxy) is 1. The molecular formula is C12H11Br2NO2. The molecule has 0 aliphatic carbocycles. The Labute approximate surface area is 116 Å². The van der Waals surface area contributed by atoms with E-state index in [-0.39, 0.29) is 6.09 Å². The highest BCUT2D eigenvalue weighted by molar-refractivity contribution is 9.09. The average Bonchev–Trinajstić information content (AvgIpc) is 2.71. The first-order chi connectivity index (χ1) is 8.24. The van der Waals surface area contributed by atoms with Crippen LogP contribution in [-0.2, 0) is 15.4 Å². The number of alkyl halides is 2. The first-order valence-electron chi connectivity index (χ1n) is 5.06. The van der Waals surface area contributed by atoms with E-state index in [0.29, 0.717) is 10.7 Å². The molecule has 0 unspecified atom stereocenters. The van der Waals surface area contributed by atoms with Gasteiger partial charge in [-0.25, -0.2) is 9.36 Å². The minimum absolute atomic E-state index is 0.358. The largest absolute Gasteiger partial charge is 0.452 e. The molecule has 1 heterocycles. The van der Waals surface area contributed by atoms with Crippen molar-refractivity contribution in [2.24, 2.45) is 0 Å². The zero-order chi connectivity index (χ0) is 12.4. The van der Waals surface area contributed by atoms with Gasteiger partial charge in [0, 0.05) is 21.7 Å².